The maximum Gasteiger partial charge on any atom is 0.278 e. The predicted molar refractivity (Wildman–Crippen MR) is 475 cm³/mol. The highest BCUT2D eigenvalue weighted by molar-refractivity contribution is 5.99. The van der Waals surface area contributed by atoms with Crippen molar-refractivity contribution >= 4 is 29.9 Å². The molecule has 18 nitrogen and oxygen atoms in total. The molecular formula is C105H78F9N9O9. The van der Waals surface area contributed by atoms with Crippen molar-refractivity contribution in [3.05, 3.63) is 485 Å². The highest BCUT2D eigenvalue weighted by Gasteiger charge is 2.61. The van der Waals surface area contributed by atoms with E-state index in [4.69, 9.17) is 9.47 Å². The van der Waals surface area contributed by atoms with Gasteiger partial charge in [-0.15, -0.1) is 0 Å². The van der Waals surface area contributed by atoms with Crippen LogP contribution in [0.25, 0.3) is 12.2 Å². The largest absolute Gasteiger partial charge is 0.502 e. The number of fused-ring (bicyclic) bond motifs is 18. The first-order valence-electron chi connectivity index (χ1n) is 42.4. The van der Waals surface area contributed by atoms with Crippen LogP contribution in [-0.2, 0) is 75.1 Å². The predicted octanol–water partition coefficient (Wildman–Crippen LogP) is 17.4. The number of aromatic hydroxyl groups is 1. The van der Waals surface area contributed by atoms with E-state index in [1.165, 1.54) is 129 Å². The van der Waals surface area contributed by atoms with Crippen LogP contribution in [0.2, 0.25) is 0 Å². The van der Waals surface area contributed by atoms with Crippen molar-refractivity contribution in [1.82, 2.24) is 28.7 Å². The van der Waals surface area contributed by atoms with E-state index in [0.29, 0.717) is 75.8 Å². The van der Waals surface area contributed by atoms with Crippen molar-refractivity contribution in [2.45, 2.75) is 82.6 Å². The third-order valence-electron chi connectivity index (χ3n) is 26.3. The number of aromatic nitrogens is 3. The monoisotopic (exact) mass is 1780 g/mol. The van der Waals surface area contributed by atoms with Crippen molar-refractivity contribution < 1.29 is 68.5 Å². The van der Waals surface area contributed by atoms with Gasteiger partial charge in [0.25, 0.3) is 17.7 Å². The van der Waals surface area contributed by atoms with Gasteiger partial charge in [-0.3, -0.25) is 57.8 Å². The Morgan fingerprint density at radius 3 is 1.27 bits per heavy atom. The van der Waals surface area contributed by atoms with Crippen LogP contribution in [0.15, 0.2) is 305 Å². The van der Waals surface area contributed by atoms with E-state index >= 15 is 8.78 Å². The molecule has 3 amide bonds. The number of rotatable bonds is 15. The van der Waals surface area contributed by atoms with E-state index in [1.807, 2.05) is 161 Å². The number of hydrogen-bond donors (Lipinski definition) is 1. The Kier molecular flexibility index (Phi) is 21.0. The highest BCUT2D eigenvalue weighted by atomic mass is 19.2. The molecule has 0 saturated carbocycles. The van der Waals surface area contributed by atoms with E-state index in [-0.39, 0.29) is 94.8 Å². The lowest BCUT2D eigenvalue weighted by Gasteiger charge is -2.50. The standard InChI is InChI=1S/2C37H26F3N3O3.C30H22F3N3O3.CH4/c2*38-28-11-6-9-24(15-28)20-41-22-43(42-14-13-33(44)35(34(42)36(41)45)46-21-23-7-2-1-3-8-23)37-27(16-25-10-4-5-12-29(25)37)17-26-18-31(39)32(40)19-30(26)37;31-21-6-3-4-17(10-21)15-34-16-36(35-9-8-26(37)28(38)27(35)29(34)39)30-20(11-18-5-1-2-7-22(18)30)12-19-13-24(32)25(33)14-23(19)30;/h1-15,17-19H,16,20-22H2;1-16,18-19H,17,20-22H2;1-10,13-14,20,38H,11-12,15-16H2;1H4. The zero-order valence-electron chi connectivity index (χ0n) is 69.4. The third-order valence-corrected chi connectivity index (χ3v) is 26.3. The molecule has 660 valence electrons. The normalized spacial score (nSPS) is 18.6. The SMILES string of the molecule is C.O=C1c2c(O)c(=O)ccn2N(C23c4ccccc4CC2Cc2cc(F)c(F)cc23)CN1Cc1cccc(F)c1.O=C1c2c(OCc3ccccc3)c(=O)ccn2N(C23C(=Cc4cc(F)c(F)cc42)Cc2ccccc23)CN1Cc1cccc(F)c1.O=C1c2c(OCc3ccccc3)c(=O)ccn2N(C23C(=Cc4ccccc42)Cc2cc(F)c(F)cc23)CN1Cc1cccc(F)c1. The van der Waals surface area contributed by atoms with Crippen molar-refractivity contribution in [3.63, 3.8) is 0 Å². The van der Waals surface area contributed by atoms with Gasteiger partial charge in [-0.1, -0.05) is 189 Å². The molecule has 0 saturated heterocycles. The van der Waals surface area contributed by atoms with Crippen molar-refractivity contribution in [2.24, 2.45) is 5.92 Å². The van der Waals surface area contributed by atoms with Gasteiger partial charge in [-0.2, -0.15) is 0 Å². The molecule has 1 N–H and O–H groups in total. The maximum absolute atomic E-state index is 15.1. The first-order chi connectivity index (χ1) is 63.5. The molecule has 14 aromatic rings. The number of carbonyl (C=O) groups is 3. The number of pyridine rings is 3. The van der Waals surface area contributed by atoms with Gasteiger partial charge in [0.1, 0.15) is 67.3 Å². The Morgan fingerprint density at radius 1 is 0.333 bits per heavy atom. The molecule has 11 aromatic carbocycles. The molecule has 4 unspecified atom stereocenters. The van der Waals surface area contributed by atoms with Crippen LogP contribution < -0.4 is 40.8 Å². The number of halogens is 9. The number of nitrogens with zero attached hydrogens (tertiary/aromatic N) is 9. The fraction of sp³-hybridized carbons (Fsp3) is 0.162. The fourth-order valence-electron chi connectivity index (χ4n) is 21.0. The molecular weight excluding hydrogens is 1700 g/mol. The molecule has 0 fully saturated rings. The quantitative estimate of drug-likeness (QED) is 0.0963. The van der Waals surface area contributed by atoms with Crippen LogP contribution in [0.4, 0.5) is 39.5 Å². The number of benzene rings is 11. The van der Waals surface area contributed by atoms with Gasteiger partial charge in [0.2, 0.25) is 16.3 Å². The van der Waals surface area contributed by atoms with Gasteiger partial charge in [0.05, 0.1) is 0 Å². The molecule has 132 heavy (non-hydrogen) atoms. The Hall–Kier alpha value is -15.7. The summed E-state index contributed by atoms with van der Waals surface area (Å²) in [6.45, 7) is 0.0658. The molecule has 6 heterocycles. The molecule has 6 aliphatic carbocycles. The number of hydrogen-bond acceptors (Lipinski definition) is 12. The second kappa shape index (κ2) is 32.8. The molecule has 0 bridgehead atoms. The zero-order valence-corrected chi connectivity index (χ0v) is 69.4. The minimum atomic E-state index is -1.15. The van der Waals surface area contributed by atoms with E-state index in [9.17, 15) is 64.6 Å². The second-order valence-corrected chi connectivity index (χ2v) is 33.8. The molecule has 3 aromatic heterocycles. The summed E-state index contributed by atoms with van der Waals surface area (Å²) in [5, 5.41) is 16.5. The van der Waals surface area contributed by atoms with Gasteiger partial charge in [-0.05, 0) is 204 Å². The zero-order chi connectivity index (χ0) is 90.2. The third kappa shape index (κ3) is 13.6. The van der Waals surface area contributed by atoms with E-state index in [2.05, 4.69) is 0 Å². The summed E-state index contributed by atoms with van der Waals surface area (Å²) in [6.07, 6.45) is 10.3. The topological polar surface area (TPSA) is 175 Å². The Labute approximate surface area is 749 Å². The summed E-state index contributed by atoms with van der Waals surface area (Å²) in [7, 11) is 0. The second-order valence-electron chi connectivity index (χ2n) is 33.8. The average molecular weight is 1780 g/mol. The Morgan fingerprint density at radius 2 is 0.727 bits per heavy atom. The summed E-state index contributed by atoms with van der Waals surface area (Å²) >= 11 is 0. The van der Waals surface area contributed by atoms with Crippen LogP contribution in [0.1, 0.15) is 133 Å². The molecule has 3 aliphatic heterocycles. The van der Waals surface area contributed by atoms with Crippen LogP contribution in [0.5, 0.6) is 17.2 Å². The highest BCUT2D eigenvalue weighted by Crippen LogP contribution is 2.60. The smallest absolute Gasteiger partial charge is 0.278 e. The van der Waals surface area contributed by atoms with Crippen LogP contribution in [0, 0.1) is 58.3 Å². The van der Waals surface area contributed by atoms with Crippen molar-refractivity contribution in [2.75, 3.05) is 35.0 Å². The molecule has 23 rings (SSSR count). The fourth-order valence-corrected chi connectivity index (χ4v) is 21.0. The van der Waals surface area contributed by atoms with Gasteiger partial charge in [0, 0.05) is 62.3 Å². The van der Waals surface area contributed by atoms with Gasteiger partial charge >= 0.3 is 0 Å². The Bertz CT molecular complexity index is 7240. The summed E-state index contributed by atoms with van der Waals surface area (Å²) in [5.74, 6) is -9.85. The molecule has 9 aliphatic rings. The first kappa shape index (κ1) is 84.5. The first-order valence-corrected chi connectivity index (χ1v) is 42.4. The van der Waals surface area contributed by atoms with Crippen LogP contribution >= 0.6 is 0 Å². The number of ether oxygens (including phenoxy) is 2. The van der Waals surface area contributed by atoms with E-state index in [1.54, 1.807) is 45.8 Å². The Balaban J connectivity index is 0.000000123. The van der Waals surface area contributed by atoms with E-state index < -0.39 is 109 Å². The minimum absolute atomic E-state index is 0. The lowest BCUT2D eigenvalue weighted by Crippen LogP contribution is -2.63. The molecule has 4 atom stereocenters. The molecule has 0 radical (unpaired) electrons. The number of carbonyl (C=O) groups excluding carboxylic acids is 3. The summed E-state index contributed by atoms with van der Waals surface area (Å²) in [6, 6.07) is 70.7. The summed E-state index contributed by atoms with van der Waals surface area (Å²) in [5.41, 5.74) is 8.61. The van der Waals surface area contributed by atoms with Gasteiger partial charge in [-0.25, -0.2) is 39.5 Å². The van der Waals surface area contributed by atoms with Crippen LogP contribution in [0.3, 0.4) is 0 Å². The molecule has 0 spiro atoms. The molecule has 27 heteroatoms. The lowest BCUT2D eigenvalue weighted by atomic mass is 9.81. The van der Waals surface area contributed by atoms with Crippen molar-refractivity contribution in [1.29, 1.82) is 0 Å². The lowest BCUT2D eigenvalue weighted by molar-refractivity contribution is 0.0627. The maximum atomic E-state index is 15.1. The van der Waals surface area contributed by atoms with Crippen LogP contribution in [-0.4, -0.2) is 71.6 Å². The number of amides is 3. The average Bonchev–Trinajstić information content (AvgIpc) is 1.53. The minimum Gasteiger partial charge on any atom is -0.502 e. The van der Waals surface area contributed by atoms with Gasteiger partial charge in [0.15, 0.2) is 69.2 Å². The van der Waals surface area contributed by atoms with E-state index in [0.717, 1.165) is 55.7 Å². The van der Waals surface area contributed by atoms with Gasteiger partial charge < -0.3 is 29.3 Å². The van der Waals surface area contributed by atoms with Crippen molar-refractivity contribution in [3.8, 4) is 17.2 Å². The summed E-state index contributed by atoms with van der Waals surface area (Å²) < 4.78 is 148. The summed E-state index contributed by atoms with van der Waals surface area (Å²) in [4.78, 5) is 86.2.